The standard InChI is InChI=1S/C18H19N3S/c1-14-18(16-5-3-2-4-6-16)21-17(22-14)9-12-20-13-15-7-10-19-11-8-15/h2-8,10-11,20H,9,12-13H2,1H3. The zero-order valence-electron chi connectivity index (χ0n) is 12.6. The molecule has 2 heterocycles. The van der Waals surface area contributed by atoms with Gasteiger partial charge in [0, 0.05) is 42.3 Å². The van der Waals surface area contributed by atoms with Gasteiger partial charge in [-0.1, -0.05) is 30.3 Å². The molecule has 0 unspecified atom stereocenters. The molecule has 0 saturated carbocycles. The highest BCUT2D eigenvalue weighted by Crippen LogP contribution is 2.27. The summed E-state index contributed by atoms with van der Waals surface area (Å²) in [5, 5.41) is 4.65. The Morgan fingerprint density at radius 3 is 2.59 bits per heavy atom. The minimum atomic E-state index is 0.873. The molecule has 3 nitrogen and oxygen atoms in total. The number of hydrogen-bond donors (Lipinski definition) is 1. The van der Waals surface area contributed by atoms with Crippen LogP contribution in [0, 0.1) is 6.92 Å². The first-order valence-corrected chi connectivity index (χ1v) is 8.26. The van der Waals surface area contributed by atoms with Gasteiger partial charge in [0.15, 0.2) is 0 Å². The first-order valence-electron chi connectivity index (χ1n) is 7.44. The summed E-state index contributed by atoms with van der Waals surface area (Å²) in [5.41, 5.74) is 3.58. The maximum atomic E-state index is 4.79. The fraction of sp³-hybridized carbons (Fsp3) is 0.222. The Labute approximate surface area is 135 Å². The van der Waals surface area contributed by atoms with Crippen molar-refractivity contribution in [3.05, 3.63) is 70.3 Å². The topological polar surface area (TPSA) is 37.8 Å². The number of pyridine rings is 1. The van der Waals surface area contributed by atoms with Crippen LogP contribution in [0.5, 0.6) is 0 Å². The first-order chi connectivity index (χ1) is 10.8. The molecule has 22 heavy (non-hydrogen) atoms. The Bertz CT molecular complexity index is 708. The van der Waals surface area contributed by atoms with E-state index in [1.807, 2.05) is 30.6 Å². The van der Waals surface area contributed by atoms with Gasteiger partial charge < -0.3 is 5.32 Å². The van der Waals surface area contributed by atoms with E-state index in [2.05, 4.69) is 41.5 Å². The molecule has 4 heteroatoms. The lowest BCUT2D eigenvalue weighted by molar-refractivity contribution is 0.685. The van der Waals surface area contributed by atoms with Crippen molar-refractivity contribution in [2.24, 2.45) is 0 Å². The lowest BCUT2D eigenvalue weighted by Crippen LogP contribution is -2.16. The normalized spacial score (nSPS) is 10.8. The molecule has 0 aliphatic rings. The molecule has 1 aromatic carbocycles. The van der Waals surface area contributed by atoms with Gasteiger partial charge in [-0.3, -0.25) is 4.98 Å². The molecule has 0 amide bonds. The second-order valence-electron chi connectivity index (χ2n) is 5.16. The van der Waals surface area contributed by atoms with Crippen LogP contribution in [0.2, 0.25) is 0 Å². The average molecular weight is 309 g/mol. The van der Waals surface area contributed by atoms with Crippen LogP contribution in [0.1, 0.15) is 15.4 Å². The van der Waals surface area contributed by atoms with Crippen molar-refractivity contribution < 1.29 is 0 Å². The Hall–Kier alpha value is -2.04. The second-order valence-corrected chi connectivity index (χ2v) is 6.45. The summed E-state index contributed by atoms with van der Waals surface area (Å²) in [4.78, 5) is 10.1. The summed E-state index contributed by atoms with van der Waals surface area (Å²) in [6.07, 6.45) is 4.62. The Kier molecular flexibility index (Phi) is 4.93. The van der Waals surface area contributed by atoms with Crippen LogP contribution in [0.25, 0.3) is 11.3 Å². The minimum Gasteiger partial charge on any atom is -0.312 e. The van der Waals surface area contributed by atoms with Crippen LogP contribution in [0.4, 0.5) is 0 Å². The van der Waals surface area contributed by atoms with Crippen molar-refractivity contribution in [2.75, 3.05) is 6.54 Å². The molecular weight excluding hydrogens is 290 g/mol. The summed E-state index contributed by atoms with van der Waals surface area (Å²) in [5.74, 6) is 0. The fourth-order valence-corrected chi connectivity index (χ4v) is 3.31. The zero-order chi connectivity index (χ0) is 15.2. The van der Waals surface area contributed by atoms with E-state index in [0.717, 1.165) is 25.2 Å². The molecule has 0 atom stereocenters. The first kappa shape index (κ1) is 14.9. The van der Waals surface area contributed by atoms with E-state index >= 15 is 0 Å². The van der Waals surface area contributed by atoms with Crippen molar-refractivity contribution in [1.82, 2.24) is 15.3 Å². The smallest absolute Gasteiger partial charge is 0.0948 e. The van der Waals surface area contributed by atoms with Crippen molar-refractivity contribution in [3.63, 3.8) is 0 Å². The third kappa shape index (κ3) is 3.78. The molecule has 0 spiro atoms. The van der Waals surface area contributed by atoms with E-state index in [4.69, 9.17) is 4.98 Å². The lowest BCUT2D eigenvalue weighted by Gasteiger charge is -2.02. The molecule has 0 fully saturated rings. The lowest BCUT2D eigenvalue weighted by atomic mass is 10.1. The Morgan fingerprint density at radius 1 is 1.05 bits per heavy atom. The van der Waals surface area contributed by atoms with Crippen molar-refractivity contribution in [2.45, 2.75) is 19.9 Å². The summed E-state index contributed by atoms with van der Waals surface area (Å²) in [6, 6.07) is 14.5. The molecule has 112 valence electrons. The molecule has 0 aliphatic carbocycles. The molecule has 0 bridgehead atoms. The van der Waals surface area contributed by atoms with E-state index in [-0.39, 0.29) is 0 Å². The number of rotatable bonds is 6. The molecule has 3 rings (SSSR count). The van der Waals surface area contributed by atoms with Gasteiger partial charge in [0.25, 0.3) is 0 Å². The minimum absolute atomic E-state index is 0.873. The summed E-state index contributed by atoms with van der Waals surface area (Å²) in [7, 11) is 0. The van der Waals surface area contributed by atoms with Crippen LogP contribution in [0.15, 0.2) is 54.9 Å². The SMILES string of the molecule is Cc1sc(CCNCc2ccncc2)nc1-c1ccccc1. The number of aryl methyl sites for hydroxylation is 1. The van der Waals surface area contributed by atoms with Gasteiger partial charge in [-0.05, 0) is 24.6 Å². The van der Waals surface area contributed by atoms with Crippen molar-refractivity contribution >= 4 is 11.3 Å². The van der Waals surface area contributed by atoms with E-state index < -0.39 is 0 Å². The molecule has 0 aliphatic heterocycles. The molecule has 0 saturated heterocycles. The maximum absolute atomic E-state index is 4.79. The third-order valence-corrected chi connectivity index (χ3v) is 4.51. The summed E-state index contributed by atoms with van der Waals surface area (Å²) >= 11 is 1.79. The van der Waals surface area contributed by atoms with E-state index in [1.165, 1.54) is 21.0 Å². The predicted octanol–water partition coefficient (Wildman–Crippen LogP) is 3.85. The number of nitrogens with zero attached hydrogens (tertiary/aromatic N) is 2. The number of hydrogen-bond acceptors (Lipinski definition) is 4. The van der Waals surface area contributed by atoms with Crippen molar-refractivity contribution in [1.29, 1.82) is 0 Å². The van der Waals surface area contributed by atoms with Gasteiger partial charge in [-0.2, -0.15) is 0 Å². The molecule has 1 N–H and O–H groups in total. The maximum Gasteiger partial charge on any atom is 0.0948 e. The predicted molar refractivity (Wildman–Crippen MR) is 91.9 cm³/mol. The number of benzene rings is 1. The number of aromatic nitrogens is 2. The van der Waals surface area contributed by atoms with Crippen LogP contribution in [0.3, 0.4) is 0 Å². The molecule has 3 aromatic rings. The van der Waals surface area contributed by atoms with Crippen LogP contribution < -0.4 is 5.32 Å². The van der Waals surface area contributed by atoms with Gasteiger partial charge in [0.1, 0.15) is 0 Å². The largest absolute Gasteiger partial charge is 0.312 e. The highest BCUT2D eigenvalue weighted by atomic mass is 32.1. The fourth-order valence-electron chi connectivity index (χ4n) is 2.35. The van der Waals surface area contributed by atoms with Gasteiger partial charge in [0.2, 0.25) is 0 Å². The van der Waals surface area contributed by atoms with E-state index in [0.29, 0.717) is 0 Å². The number of nitrogens with one attached hydrogen (secondary N) is 1. The molecule has 2 aromatic heterocycles. The third-order valence-electron chi connectivity index (χ3n) is 3.48. The van der Waals surface area contributed by atoms with E-state index in [1.54, 1.807) is 11.3 Å². The van der Waals surface area contributed by atoms with Crippen LogP contribution >= 0.6 is 11.3 Å². The number of thiazole rings is 1. The quantitative estimate of drug-likeness (QED) is 0.703. The van der Waals surface area contributed by atoms with Gasteiger partial charge >= 0.3 is 0 Å². The summed E-state index contributed by atoms with van der Waals surface area (Å²) < 4.78 is 0. The Balaban J connectivity index is 1.55. The highest BCUT2D eigenvalue weighted by molar-refractivity contribution is 7.12. The Morgan fingerprint density at radius 2 is 1.82 bits per heavy atom. The van der Waals surface area contributed by atoms with Crippen LogP contribution in [-0.4, -0.2) is 16.5 Å². The van der Waals surface area contributed by atoms with Gasteiger partial charge in [0.05, 0.1) is 10.7 Å². The van der Waals surface area contributed by atoms with Gasteiger partial charge in [-0.25, -0.2) is 4.98 Å². The molecular formula is C18H19N3S. The summed E-state index contributed by atoms with van der Waals surface area (Å²) in [6.45, 7) is 3.95. The van der Waals surface area contributed by atoms with E-state index in [9.17, 15) is 0 Å². The highest BCUT2D eigenvalue weighted by Gasteiger charge is 2.09. The van der Waals surface area contributed by atoms with Gasteiger partial charge in [-0.15, -0.1) is 11.3 Å². The second kappa shape index (κ2) is 7.29. The molecule has 0 radical (unpaired) electrons. The monoisotopic (exact) mass is 309 g/mol. The zero-order valence-corrected chi connectivity index (χ0v) is 13.4. The van der Waals surface area contributed by atoms with Crippen molar-refractivity contribution in [3.8, 4) is 11.3 Å². The van der Waals surface area contributed by atoms with Crippen LogP contribution in [-0.2, 0) is 13.0 Å². The average Bonchev–Trinajstić information content (AvgIpc) is 2.94.